The fourth-order valence-electron chi connectivity index (χ4n) is 1.05. The highest BCUT2D eigenvalue weighted by Gasteiger charge is 1.94. The molecule has 72 valence electrons. The molecule has 0 aliphatic carbocycles. The first-order chi connectivity index (χ1) is 6.76. The van der Waals surface area contributed by atoms with Gasteiger partial charge in [0.05, 0.1) is 11.6 Å². The monoisotopic (exact) mass is 186 g/mol. The van der Waals surface area contributed by atoms with Crippen molar-refractivity contribution in [2.75, 3.05) is 11.9 Å². The average molecular weight is 186 g/mol. The van der Waals surface area contributed by atoms with E-state index in [1.165, 1.54) is 0 Å². The quantitative estimate of drug-likeness (QED) is 0.734. The van der Waals surface area contributed by atoms with Crippen LogP contribution in [0.1, 0.15) is 18.9 Å². The molecule has 0 aliphatic heterocycles. The Kier molecular flexibility index (Phi) is 3.75. The molecule has 0 atom stereocenters. The molecule has 2 heteroatoms. The number of rotatable bonds is 4. The van der Waals surface area contributed by atoms with E-state index in [2.05, 4.69) is 24.9 Å². The maximum Gasteiger partial charge on any atom is 0.0992 e. The van der Waals surface area contributed by atoms with E-state index in [-0.39, 0.29) is 0 Å². The maximum atomic E-state index is 8.69. The number of anilines is 1. The van der Waals surface area contributed by atoms with Crippen molar-refractivity contribution in [1.82, 2.24) is 0 Å². The van der Waals surface area contributed by atoms with Crippen LogP contribution in [0, 0.1) is 11.3 Å². The summed E-state index contributed by atoms with van der Waals surface area (Å²) in [7, 11) is 0. The summed E-state index contributed by atoms with van der Waals surface area (Å²) in [6.07, 6.45) is 0.977. The molecule has 1 N–H and O–H groups in total. The minimum Gasteiger partial charge on any atom is -0.381 e. The summed E-state index contributed by atoms with van der Waals surface area (Å²) in [6.45, 7) is 6.75. The van der Waals surface area contributed by atoms with Crippen molar-refractivity contribution in [3.63, 3.8) is 0 Å². The lowest BCUT2D eigenvalue weighted by atomic mass is 10.2. The van der Waals surface area contributed by atoms with Crippen molar-refractivity contribution in [3.05, 3.63) is 42.0 Å². The van der Waals surface area contributed by atoms with Crippen molar-refractivity contribution in [2.45, 2.75) is 13.3 Å². The summed E-state index contributed by atoms with van der Waals surface area (Å²) >= 11 is 0. The molecule has 0 amide bonds. The van der Waals surface area contributed by atoms with E-state index in [4.69, 9.17) is 5.26 Å². The predicted molar refractivity (Wildman–Crippen MR) is 59.1 cm³/mol. The van der Waals surface area contributed by atoms with Crippen LogP contribution in [0.15, 0.2) is 36.4 Å². The van der Waals surface area contributed by atoms with Crippen LogP contribution in [0.25, 0.3) is 0 Å². The zero-order valence-electron chi connectivity index (χ0n) is 8.38. The molecule has 0 aromatic heterocycles. The molecule has 0 bridgehead atoms. The Balaban J connectivity index is 2.60. The largest absolute Gasteiger partial charge is 0.381 e. The van der Waals surface area contributed by atoms with Gasteiger partial charge in [-0.1, -0.05) is 25.1 Å². The number of nitriles is 1. The number of hydrogen-bond acceptors (Lipinski definition) is 2. The van der Waals surface area contributed by atoms with Crippen molar-refractivity contribution < 1.29 is 0 Å². The highest BCUT2D eigenvalue weighted by atomic mass is 14.9. The van der Waals surface area contributed by atoms with Crippen LogP contribution in [0.2, 0.25) is 0 Å². The topological polar surface area (TPSA) is 35.8 Å². The summed E-state index contributed by atoms with van der Waals surface area (Å²) in [5.41, 5.74) is 2.81. The number of hydrogen-bond donors (Lipinski definition) is 1. The summed E-state index contributed by atoms with van der Waals surface area (Å²) in [5.74, 6) is 0. The smallest absolute Gasteiger partial charge is 0.0992 e. The van der Waals surface area contributed by atoms with E-state index >= 15 is 0 Å². The van der Waals surface area contributed by atoms with E-state index in [0.717, 1.165) is 24.2 Å². The van der Waals surface area contributed by atoms with Gasteiger partial charge in [-0.15, -0.1) is 0 Å². The Labute approximate surface area is 84.9 Å². The van der Waals surface area contributed by atoms with Gasteiger partial charge < -0.3 is 5.32 Å². The Morgan fingerprint density at radius 2 is 2.36 bits per heavy atom. The maximum absolute atomic E-state index is 8.69. The normalized spacial score (nSPS) is 9.14. The van der Waals surface area contributed by atoms with Crippen LogP contribution in [-0.2, 0) is 0 Å². The molecule has 0 saturated heterocycles. The highest BCUT2D eigenvalue weighted by Crippen LogP contribution is 2.10. The molecule has 14 heavy (non-hydrogen) atoms. The zero-order chi connectivity index (χ0) is 10.4. The summed E-state index contributed by atoms with van der Waals surface area (Å²) in [6, 6.07) is 9.55. The van der Waals surface area contributed by atoms with Gasteiger partial charge in [0.2, 0.25) is 0 Å². The molecule has 0 saturated carbocycles. The molecule has 1 aromatic rings. The van der Waals surface area contributed by atoms with Crippen LogP contribution in [0.4, 0.5) is 5.69 Å². The molecule has 0 heterocycles. The molecule has 1 aromatic carbocycles. The number of nitrogens with zero attached hydrogens (tertiary/aromatic N) is 1. The minimum absolute atomic E-state index is 0.678. The second-order valence-electron chi connectivity index (χ2n) is 3.15. The lowest BCUT2D eigenvalue weighted by Gasteiger charge is -2.07. The summed E-state index contributed by atoms with van der Waals surface area (Å²) < 4.78 is 0. The fraction of sp³-hybridized carbons (Fsp3) is 0.250. The first-order valence-corrected chi connectivity index (χ1v) is 4.67. The third-order valence-electron chi connectivity index (χ3n) is 2.03. The van der Waals surface area contributed by atoms with Gasteiger partial charge in [0.25, 0.3) is 0 Å². The van der Waals surface area contributed by atoms with Gasteiger partial charge in [-0.3, -0.25) is 0 Å². The second-order valence-corrected chi connectivity index (χ2v) is 3.15. The van der Waals surface area contributed by atoms with Crippen molar-refractivity contribution >= 4 is 5.69 Å². The lowest BCUT2D eigenvalue weighted by Crippen LogP contribution is -2.03. The second kappa shape index (κ2) is 5.08. The van der Waals surface area contributed by atoms with Crippen LogP contribution < -0.4 is 5.32 Å². The first-order valence-electron chi connectivity index (χ1n) is 4.67. The van der Waals surface area contributed by atoms with Crippen LogP contribution in [0.3, 0.4) is 0 Å². The molecule has 0 spiro atoms. The Morgan fingerprint density at radius 1 is 1.57 bits per heavy atom. The standard InChI is InChI=1S/C12H14N2/c1-3-10(2)9-14-12-6-4-5-11(7-12)8-13/h4-7,14H,2-3,9H2,1H3. The molecule has 0 aliphatic rings. The summed E-state index contributed by atoms with van der Waals surface area (Å²) in [4.78, 5) is 0. The number of nitrogens with one attached hydrogen (secondary N) is 1. The minimum atomic E-state index is 0.678. The van der Waals surface area contributed by atoms with Gasteiger partial charge in [0.1, 0.15) is 0 Å². The van der Waals surface area contributed by atoms with Gasteiger partial charge >= 0.3 is 0 Å². The molecule has 0 fully saturated rings. The molecular weight excluding hydrogens is 172 g/mol. The average Bonchev–Trinajstić information content (AvgIpc) is 2.26. The van der Waals surface area contributed by atoms with Crippen molar-refractivity contribution in [3.8, 4) is 6.07 Å². The van der Waals surface area contributed by atoms with E-state index in [1.807, 2.05) is 18.2 Å². The van der Waals surface area contributed by atoms with Crippen LogP contribution in [0.5, 0.6) is 0 Å². The summed E-state index contributed by atoms with van der Waals surface area (Å²) in [5, 5.41) is 11.9. The molecule has 0 radical (unpaired) electrons. The van der Waals surface area contributed by atoms with E-state index in [9.17, 15) is 0 Å². The Bertz CT molecular complexity index is 361. The van der Waals surface area contributed by atoms with E-state index in [1.54, 1.807) is 6.07 Å². The predicted octanol–water partition coefficient (Wildman–Crippen LogP) is 2.94. The van der Waals surface area contributed by atoms with Gasteiger partial charge in [-0.2, -0.15) is 5.26 Å². The first kappa shape index (κ1) is 10.3. The SMILES string of the molecule is C=C(CC)CNc1cccc(C#N)c1. The molecule has 0 unspecified atom stereocenters. The van der Waals surface area contributed by atoms with Gasteiger partial charge in [-0.25, -0.2) is 0 Å². The van der Waals surface area contributed by atoms with Gasteiger partial charge in [0, 0.05) is 12.2 Å². The third-order valence-corrected chi connectivity index (χ3v) is 2.03. The zero-order valence-corrected chi connectivity index (χ0v) is 8.38. The lowest BCUT2D eigenvalue weighted by molar-refractivity contribution is 1.05. The van der Waals surface area contributed by atoms with Crippen LogP contribution >= 0.6 is 0 Å². The van der Waals surface area contributed by atoms with E-state index < -0.39 is 0 Å². The molecule has 2 nitrogen and oxygen atoms in total. The van der Waals surface area contributed by atoms with Crippen molar-refractivity contribution in [1.29, 1.82) is 5.26 Å². The molecular formula is C12H14N2. The van der Waals surface area contributed by atoms with Crippen molar-refractivity contribution in [2.24, 2.45) is 0 Å². The Hall–Kier alpha value is -1.75. The molecule has 1 rings (SSSR count). The van der Waals surface area contributed by atoms with Gasteiger partial charge in [-0.05, 0) is 24.6 Å². The highest BCUT2D eigenvalue weighted by molar-refractivity contribution is 5.49. The van der Waals surface area contributed by atoms with Crippen LogP contribution in [-0.4, -0.2) is 6.54 Å². The van der Waals surface area contributed by atoms with Gasteiger partial charge in [0.15, 0.2) is 0 Å². The number of benzene rings is 1. The fourth-order valence-corrected chi connectivity index (χ4v) is 1.05. The third kappa shape index (κ3) is 2.95. The Morgan fingerprint density at radius 3 is 3.00 bits per heavy atom. The van der Waals surface area contributed by atoms with E-state index in [0.29, 0.717) is 5.56 Å².